The van der Waals surface area contributed by atoms with Crippen LogP contribution in [0.25, 0.3) is 0 Å². The first kappa shape index (κ1) is 15.3. The van der Waals surface area contributed by atoms with Gasteiger partial charge in [-0.2, -0.15) is 0 Å². The number of halogens is 1. The Bertz CT molecular complexity index is 623. The summed E-state index contributed by atoms with van der Waals surface area (Å²) >= 11 is 0. The summed E-state index contributed by atoms with van der Waals surface area (Å²) in [6, 6.07) is 9.91. The molecule has 0 saturated heterocycles. The Morgan fingerprint density at radius 1 is 1.14 bits per heavy atom. The lowest BCUT2D eigenvalue weighted by Gasteiger charge is -2.14. The predicted molar refractivity (Wildman–Crippen MR) is 79.1 cm³/mol. The molecule has 1 unspecified atom stereocenters. The zero-order chi connectivity index (χ0) is 15.4. The number of aliphatic hydroxyl groups excluding tert-OH is 1. The number of aryl methyl sites for hydroxylation is 1. The summed E-state index contributed by atoms with van der Waals surface area (Å²) < 4.78 is 24.1. The van der Waals surface area contributed by atoms with E-state index in [0.29, 0.717) is 18.1 Å². The van der Waals surface area contributed by atoms with E-state index < -0.39 is 6.10 Å². The van der Waals surface area contributed by atoms with Crippen LogP contribution < -0.4 is 9.47 Å². The van der Waals surface area contributed by atoms with Crippen molar-refractivity contribution in [1.82, 2.24) is 0 Å². The van der Waals surface area contributed by atoms with Crippen molar-refractivity contribution < 1.29 is 19.0 Å². The van der Waals surface area contributed by atoms with Crippen LogP contribution in [0.15, 0.2) is 36.4 Å². The Morgan fingerprint density at radius 3 is 2.52 bits per heavy atom. The molecule has 0 heterocycles. The van der Waals surface area contributed by atoms with Crippen molar-refractivity contribution in [2.24, 2.45) is 0 Å². The van der Waals surface area contributed by atoms with Crippen LogP contribution >= 0.6 is 0 Å². The van der Waals surface area contributed by atoms with Gasteiger partial charge in [0.25, 0.3) is 0 Å². The van der Waals surface area contributed by atoms with Gasteiger partial charge in [0.05, 0.1) is 13.2 Å². The first-order valence-electron chi connectivity index (χ1n) is 6.75. The van der Waals surface area contributed by atoms with E-state index in [-0.39, 0.29) is 5.82 Å². The molecule has 0 aliphatic heterocycles. The molecular formula is C17H19FO3. The van der Waals surface area contributed by atoms with Gasteiger partial charge in [-0.15, -0.1) is 0 Å². The van der Waals surface area contributed by atoms with Crippen molar-refractivity contribution >= 4 is 0 Å². The van der Waals surface area contributed by atoms with E-state index in [0.717, 1.165) is 16.7 Å². The molecule has 4 heteroatoms. The second-order valence-electron chi connectivity index (χ2n) is 4.95. The number of methoxy groups -OCH3 is 1. The Hall–Kier alpha value is -2.07. The van der Waals surface area contributed by atoms with Crippen LogP contribution in [-0.4, -0.2) is 12.2 Å². The van der Waals surface area contributed by atoms with E-state index in [1.54, 1.807) is 38.3 Å². The van der Waals surface area contributed by atoms with Crippen LogP contribution in [0.3, 0.4) is 0 Å². The smallest absolute Gasteiger partial charge is 0.161 e. The summed E-state index contributed by atoms with van der Waals surface area (Å²) in [4.78, 5) is 0. The normalized spacial score (nSPS) is 12.0. The van der Waals surface area contributed by atoms with E-state index in [4.69, 9.17) is 9.47 Å². The molecule has 1 N–H and O–H groups in total. The van der Waals surface area contributed by atoms with E-state index in [2.05, 4.69) is 0 Å². The van der Waals surface area contributed by atoms with Crippen LogP contribution in [0.1, 0.15) is 29.7 Å². The second-order valence-corrected chi connectivity index (χ2v) is 4.95. The van der Waals surface area contributed by atoms with Gasteiger partial charge >= 0.3 is 0 Å². The number of ether oxygens (including phenoxy) is 2. The molecule has 0 fully saturated rings. The van der Waals surface area contributed by atoms with Gasteiger partial charge in [-0.05, 0) is 54.8 Å². The van der Waals surface area contributed by atoms with Gasteiger partial charge < -0.3 is 14.6 Å². The third kappa shape index (κ3) is 3.73. The van der Waals surface area contributed by atoms with Gasteiger partial charge in [-0.3, -0.25) is 0 Å². The van der Waals surface area contributed by atoms with Crippen LogP contribution in [0.2, 0.25) is 0 Å². The summed E-state index contributed by atoms with van der Waals surface area (Å²) in [6.07, 6.45) is -0.563. The van der Waals surface area contributed by atoms with E-state index in [1.165, 1.54) is 12.1 Å². The Balaban J connectivity index is 2.16. The highest BCUT2D eigenvalue weighted by Gasteiger charge is 2.09. The minimum atomic E-state index is -0.563. The zero-order valence-corrected chi connectivity index (χ0v) is 12.4. The monoisotopic (exact) mass is 290 g/mol. The number of aliphatic hydroxyl groups is 1. The lowest BCUT2D eigenvalue weighted by atomic mass is 10.1. The van der Waals surface area contributed by atoms with Crippen molar-refractivity contribution in [2.75, 3.05) is 7.11 Å². The molecule has 0 saturated carbocycles. The molecule has 0 spiro atoms. The van der Waals surface area contributed by atoms with Gasteiger partial charge in [0, 0.05) is 0 Å². The van der Waals surface area contributed by atoms with Crippen molar-refractivity contribution in [2.45, 2.75) is 26.6 Å². The lowest BCUT2D eigenvalue weighted by Crippen LogP contribution is -2.01. The molecule has 0 amide bonds. The van der Waals surface area contributed by atoms with Crippen molar-refractivity contribution in [3.8, 4) is 11.5 Å². The van der Waals surface area contributed by atoms with Crippen molar-refractivity contribution in [3.05, 3.63) is 58.9 Å². The lowest BCUT2D eigenvalue weighted by molar-refractivity contribution is 0.198. The third-order valence-electron chi connectivity index (χ3n) is 3.36. The number of hydrogen-bond acceptors (Lipinski definition) is 3. The van der Waals surface area contributed by atoms with Gasteiger partial charge in [0.1, 0.15) is 12.4 Å². The fourth-order valence-electron chi connectivity index (χ4n) is 2.04. The van der Waals surface area contributed by atoms with Crippen molar-refractivity contribution in [3.63, 3.8) is 0 Å². The molecule has 2 aromatic carbocycles. The molecule has 0 aliphatic rings. The van der Waals surface area contributed by atoms with E-state index in [9.17, 15) is 9.50 Å². The molecule has 0 radical (unpaired) electrons. The van der Waals surface area contributed by atoms with Crippen LogP contribution in [0.5, 0.6) is 11.5 Å². The third-order valence-corrected chi connectivity index (χ3v) is 3.36. The summed E-state index contributed by atoms with van der Waals surface area (Å²) in [5.41, 5.74) is 2.52. The second kappa shape index (κ2) is 6.59. The molecular weight excluding hydrogens is 271 g/mol. The van der Waals surface area contributed by atoms with Gasteiger partial charge in [-0.25, -0.2) is 4.39 Å². The first-order valence-corrected chi connectivity index (χ1v) is 6.75. The molecule has 2 aromatic rings. The maximum absolute atomic E-state index is 13.1. The highest BCUT2D eigenvalue weighted by molar-refractivity contribution is 5.43. The number of benzene rings is 2. The maximum Gasteiger partial charge on any atom is 0.161 e. The quantitative estimate of drug-likeness (QED) is 0.911. The zero-order valence-electron chi connectivity index (χ0n) is 12.4. The molecule has 112 valence electrons. The Labute approximate surface area is 124 Å². The average Bonchev–Trinajstić information content (AvgIpc) is 2.46. The van der Waals surface area contributed by atoms with Crippen molar-refractivity contribution in [1.29, 1.82) is 0 Å². The Morgan fingerprint density at radius 2 is 1.90 bits per heavy atom. The topological polar surface area (TPSA) is 38.7 Å². The SMILES string of the molecule is COc1cc(C(C)O)ccc1OCc1ccc(F)cc1C. The fraction of sp³-hybridized carbons (Fsp3) is 0.294. The molecule has 0 aliphatic carbocycles. The van der Waals surface area contributed by atoms with Gasteiger partial charge in [0.15, 0.2) is 11.5 Å². The maximum atomic E-state index is 13.1. The van der Waals surface area contributed by atoms with Gasteiger partial charge in [-0.1, -0.05) is 12.1 Å². The van der Waals surface area contributed by atoms with E-state index >= 15 is 0 Å². The molecule has 0 aromatic heterocycles. The minimum absolute atomic E-state index is 0.255. The number of rotatable bonds is 5. The number of hydrogen-bond donors (Lipinski definition) is 1. The van der Waals surface area contributed by atoms with Gasteiger partial charge in [0.2, 0.25) is 0 Å². The standard InChI is InChI=1S/C17H19FO3/c1-11-8-15(18)6-4-14(11)10-21-16-7-5-13(12(2)19)9-17(16)20-3/h4-9,12,19H,10H2,1-3H3. The Kier molecular flexibility index (Phi) is 4.81. The molecule has 2 rings (SSSR count). The molecule has 21 heavy (non-hydrogen) atoms. The highest BCUT2D eigenvalue weighted by atomic mass is 19.1. The summed E-state index contributed by atoms with van der Waals surface area (Å²) in [5.74, 6) is 0.897. The first-order chi connectivity index (χ1) is 10.0. The summed E-state index contributed by atoms with van der Waals surface area (Å²) in [5, 5.41) is 9.57. The largest absolute Gasteiger partial charge is 0.493 e. The fourth-order valence-corrected chi connectivity index (χ4v) is 2.04. The minimum Gasteiger partial charge on any atom is -0.493 e. The predicted octanol–water partition coefficient (Wildman–Crippen LogP) is 3.78. The molecule has 1 atom stereocenters. The van der Waals surface area contributed by atoms with Crippen LogP contribution in [0, 0.1) is 12.7 Å². The highest BCUT2D eigenvalue weighted by Crippen LogP contribution is 2.31. The summed E-state index contributed by atoms with van der Waals surface area (Å²) in [6.45, 7) is 3.86. The van der Waals surface area contributed by atoms with E-state index in [1.807, 2.05) is 6.92 Å². The van der Waals surface area contributed by atoms with Crippen LogP contribution in [-0.2, 0) is 6.61 Å². The summed E-state index contributed by atoms with van der Waals surface area (Å²) in [7, 11) is 1.55. The average molecular weight is 290 g/mol. The van der Waals surface area contributed by atoms with Crippen LogP contribution in [0.4, 0.5) is 4.39 Å². The molecule has 3 nitrogen and oxygen atoms in total. The molecule has 0 bridgehead atoms.